The van der Waals surface area contributed by atoms with Gasteiger partial charge >= 0.3 is 7.12 Å². The van der Waals surface area contributed by atoms with Crippen molar-refractivity contribution in [1.29, 1.82) is 0 Å². The van der Waals surface area contributed by atoms with Gasteiger partial charge in [-0.2, -0.15) is 0 Å². The molecule has 0 aliphatic heterocycles. The van der Waals surface area contributed by atoms with Crippen LogP contribution in [0.5, 0.6) is 0 Å². The summed E-state index contributed by atoms with van der Waals surface area (Å²) in [5.41, 5.74) is 12.9. The lowest BCUT2D eigenvalue weighted by atomic mass is 9.72. The first-order valence-corrected chi connectivity index (χ1v) is 34.4. The average molecular weight is 1370 g/mol. The van der Waals surface area contributed by atoms with Gasteiger partial charge in [-0.1, -0.05) is 347 Å². The summed E-state index contributed by atoms with van der Waals surface area (Å²) < 4.78 is 2.28. The molecule has 0 radical (unpaired) electrons. The number of halogens is 2. The lowest BCUT2D eigenvalue weighted by Gasteiger charge is -2.21. The minimum atomic E-state index is -1.52. The van der Waals surface area contributed by atoms with Gasteiger partial charge in [0.05, 0.1) is 0 Å². The molecule has 19 aromatic carbocycles. The Kier molecular flexibility index (Phi) is 15.6. The molecule has 19 rings (SSSR count). The first-order valence-electron chi connectivity index (χ1n) is 32.8. The molecule has 97 heavy (non-hydrogen) atoms. The van der Waals surface area contributed by atoms with Gasteiger partial charge in [-0.25, -0.2) is 0 Å². The van der Waals surface area contributed by atoms with Crippen LogP contribution in [0.3, 0.4) is 0 Å². The van der Waals surface area contributed by atoms with E-state index in [1.807, 2.05) is 72.8 Å². The fraction of sp³-hybridized carbons (Fsp3) is 0. The minimum Gasteiger partial charge on any atom is -0.423 e. The van der Waals surface area contributed by atoms with Crippen LogP contribution >= 0.6 is 31.9 Å². The third-order valence-corrected chi connectivity index (χ3v) is 20.9. The molecule has 5 heteroatoms. The van der Waals surface area contributed by atoms with E-state index in [-0.39, 0.29) is 0 Å². The maximum atomic E-state index is 10.1. The molecule has 0 fully saturated rings. The molecule has 0 saturated carbocycles. The van der Waals surface area contributed by atoms with Crippen LogP contribution in [0, 0.1) is 0 Å². The highest BCUT2D eigenvalue weighted by Crippen LogP contribution is 2.50. The number of benzene rings is 19. The molecule has 2 N–H and O–H groups in total. The third-order valence-electron chi connectivity index (χ3n) is 19.5. The van der Waals surface area contributed by atoms with E-state index in [1.54, 1.807) is 0 Å². The Morgan fingerprint density at radius 1 is 0.186 bits per heavy atom. The molecular weight excluding hydrogens is 1310 g/mol. The van der Waals surface area contributed by atoms with Gasteiger partial charge in [0, 0.05) is 8.95 Å². The predicted octanol–water partition coefficient (Wildman–Crippen LogP) is 25.3. The van der Waals surface area contributed by atoms with Crippen LogP contribution in [0.4, 0.5) is 0 Å². The van der Waals surface area contributed by atoms with Gasteiger partial charge in [0.1, 0.15) is 0 Å². The van der Waals surface area contributed by atoms with Crippen molar-refractivity contribution in [3.05, 3.63) is 355 Å². The standard InChI is InChI=1S/C58H36.C24H17BO2.C10H6Br2/c1-3-17-39-35-41(31-29-37(39)15-1)55-45-21-7-11-25-49(45)57(50-26-12-8-22-46(50)55)53-33-34-54(44-20-6-5-19-43(44)53)58-51-27-13-9-23-47(51)56(48-24-10-14-28-52(48)58)42-32-30-38-16-2-4-18-40(38)36-42;26-25(27)24-21-11-5-3-9-19(21)23(20-10-4-6-12-22(20)24)18-14-13-16-7-1-2-8-17(16)15-18;11-9-5-6-10(12)8-4-2-1-3-7(8)9/h1-36H;1-15,26-27H;1-6H. The molecule has 456 valence electrons. The molecular formula is C92H59BBr2O2. The van der Waals surface area contributed by atoms with E-state index in [0.29, 0.717) is 5.46 Å². The molecule has 0 atom stereocenters. The van der Waals surface area contributed by atoms with Crippen molar-refractivity contribution < 1.29 is 10.0 Å². The van der Waals surface area contributed by atoms with E-state index in [0.717, 1.165) is 41.6 Å². The number of hydrogen-bond acceptors (Lipinski definition) is 2. The summed E-state index contributed by atoms with van der Waals surface area (Å²) in [6.45, 7) is 0. The van der Waals surface area contributed by atoms with Crippen LogP contribution in [0.1, 0.15) is 0 Å². The normalized spacial score (nSPS) is 11.5. The van der Waals surface area contributed by atoms with Gasteiger partial charge in [-0.3, -0.25) is 0 Å². The largest absolute Gasteiger partial charge is 0.489 e. The van der Waals surface area contributed by atoms with Crippen molar-refractivity contribution in [2.24, 2.45) is 0 Å². The van der Waals surface area contributed by atoms with Gasteiger partial charge in [0.25, 0.3) is 0 Å². The molecule has 0 aromatic heterocycles. The maximum Gasteiger partial charge on any atom is 0.489 e. The quantitative estimate of drug-likeness (QED) is 0.129. The molecule has 0 aliphatic rings. The van der Waals surface area contributed by atoms with E-state index in [9.17, 15) is 10.0 Å². The molecule has 0 saturated heterocycles. The second-order valence-electron chi connectivity index (χ2n) is 24.9. The van der Waals surface area contributed by atoms with Crippen LogP contribution in [0.15, 0.2) is 355 Å². The third kappa shape index (κ3) is 10.6. The fourth-order valence-corrected chi connectivity index (χ4v) is 16.2. The van der Waals surface area contributed by atoms with Crippen molar-refractivity contribution in [2.75, 3.05) is 0 Å². The summed E-state index contributed by atoms with van der Waals surface area (Å²) in [4.78, 5) is 0. The number of hydrogen-bond donors (Lipinski definition) is 2. The van der Waals surface area contributed by atoms with Crippen molar-refractivity contribution >= 4 is 163 Å². The zero-order valence-corrected chi connectivity index (χ0v) is 55.8. The predicted molar refractivity (Wildman–Crippen MR) is 424 cm³/mol. The number of fused-ring (bicyclic) bond motifs is 11. The Bertz CT molecular complexity index is 5900. The van der Waals surface area contributed by atoms with E-state index in [4.69, 9.17) is 0 Å². The molecule has 0 unspecified atom stereocenters. The molecule has 0 heterocycles. The lowest BCUT2D eigenvalue weighted by molar-refractivity contribution is 0.426. The summed E-state index contributed by atoms with van der Waals surface area (Å²) in [6.07, 6.45) is 0. The first kappa shape index (κ1) is 59.7. The van der Waals surface area contributed by atoms with Crippen molar-refractivity contribution in [3.63, 3.8) is 0 Å². The zero-order valence-electron chi connectivity index (χ0n) is 52.6. The molecule has 0 amide bonds. The summed E-state index contributed by atoms with van der Waals surface area (Å²) in [5.74, 6) is 0. The maximum absolute atomic E-state index is 10.1. The van der Waals surface area contributed by atoms with Crippen LogP contribution in [-0.2, 0) is 0 Å². The van der Waals surface area contributed by atoms with E-state index in [2.05, 4.69) is 305 Å². The Morgan fingerprint density at radius 2 is 0.402 bits per heavy atom. The SMILES string of the molecule is Brc1ccc(Br)c2ccccc12.OB(O)c1c2ccccc2c(-c2ccc3ccccc3c2)c2ccccc12.c1ccc2cc(-c3c4ccccc4c(-c4ccc(-c5c6ccccc6c(-c6ccc7ccccc7c6)c6ccccc56)c5ccccc45)c4ccccc34)ccc2c1. The highest BCUT2D eigenvalue weighted by Gasteiger charge is 2.25. The van der Waals surface area contributed by atoms with Crippen LogP contribution in [0.25, 0.3) is 174 Å². The average Bonchev–Trinajstić information content (AvgIpc) is 0.723. The van der Waals surface area contributed by atoms with Gasteiger partial charge in [-0.15, -0.1) is 0 Å². The summed E-state index contributed by atoms with van der Waals surface area (Å²) in [6, 6.07) is 124. The molecule has 0 bridgehead atoms. The smallest absolute Gasteiger partial charge is 0.423 e. The molecule has 0 aliphatic carbocycles. The van der Waals surface area contributed by atoms with Gasteiger partial charge in [-0.05, 0) is 210 Å². The first-order chi connectivity index (χ1) is 47.8. The van der Waals surface area contributed by atoms with Crippen LogP contribution in [0.2, 0.25) is 0 Å². The second-order valence-corrected chi connectivity index (χ2v) is 26.6. The van der Waals surface area contributed by atoms with E-state index >= 15 is 0 Å². The van der Waals surface area contributed by atoms with E-state index in [1.165, 1.54) is 141 Å². The van der Waals surface area contributed by atoms with Crippen molar-refractivity contribution in [2.45, 2.75) is 0 Å². The molecule has 0 spiro atoms. The Morgan fingerprint density at radius 3 is 0.680 bits per heavy atom. The minimum absolute atomic E-state index is 0.561. The topological polar surface area (TPSA) is 40.5 Å². The monoisotopic (exact) mass is 1360 g/mol. The highest BCUT2D eigenvalue weighted by atomic mass is 79.9. The van der Waals surface area contributed by atoms with Gasteiger partial charge in [0.15, 0.2) is 0 Å². The molecule has 19 aromatic rings. The van der Waals surface area contributed by atoms with E-state index < -0.39 is 7.12 Å². The summed E-state index contributed by atoms with van der Waals surface area (Å²) >= 11 is 7.02. The fourth-order valence-electron chi connectivity index (χ4n) is 15.2. The van der Waals surface area contributed by atoms with Gasteiger partial charge < -0.3 is 10.0 Å². The van der Waals surface area contributed by atoms with Crippen LogP contribution in [-0.4, -0.2) is 17.2 Å². The Labute approximate surface area is 579 Å². The van der Waals surface area contributed by atoms with Crippen LogP contribution < -0.4 is 5.46 Å². The van der Waals surface area contributed by atoms with Crippen molar-refractivity contribution in [1.82, 2.24) is 0 Å². The summed E-state index contributed by atoms with van der Waals surface area (Å²) in [7, 11) is -1.52. The zero-order chi connectivity index (χ0) is 65.1. The molecule has 2 nitrogen and oxygen atoms in total. The van der Waals surface area contributed by atoms with Gasteiger partial charge in [0.2, 0.25) is 0 Å². The Hall–Kier alpha value is -11.0. The lowest BCUT2D eigenvalue weighted by Crippen LogP contribution is -2.31. The van der Waals surface area contributed by atoms with Crippen molar-refractivity contribution in [3.8, 4) is 55.6 Å². The second kappa shape index (κ2) is 25.3. The Balaban J connectivity index is 0.000000148. The summed E-state index contributed by atoms with van der Waals surface area (Å²) in [5, 5.41) is 46.4. The highest BCUT2D eigenvalue weighted by molar-refractivity contribution is 9.11. The number of rotatable bonds is 6.